The number of nitrogens with one attached hydrogen (secondary N) is 1. The molecule has 3 aromatic rings. The standard InChI is InChI=1S/C19H20N4O3S2/c1-12-8-13(15-11-21-17(27-15)19(24)5-3-6-19)10-14(9-12)22-18-20-7-4-16(23-18)28(2,25)26/h4,7-11,24H,3,5-6H2,1-2H3,(H,20,22,23). The second kappa shape index (κ2) is 6.91. The monoisotopic (exact) mass is 416 g/mol. The smallest absolute Gasteiger partial charge is 0.228 e. The number of anilines is 2. The van der Waals surface area contributed by atoms with Gasteiger partial charge in [0.1, 0.15) is 10.6 Å². The molecule has 9 heteroatoms. The van der Waals surface area contributed by atoms with Gasteiger partial charge >= 0.3 is 0 Å². The van der Waals surface area contributed by atoms with E-state index in [0.717, 1.165) is 52.2 Å². The molecule has 2 aromatic heterocycles. The topological polar surface area (TPSA) is 105 Å². The summed E-state index contributed by atoms with van der Waals surface area (Å²) in [5.74, 6) is 0.216. The summed E-state index contributed by atoms with van der Waals surface area (Å²) in [4.78, 5) is 13.6. The molecule has 2 N–H and O–H groups in total. The summed E-state index contributed by atoms with van der Waals surface area (Å²) < 4.78 is 23.4. The second-order valence-corrected chi connectivity index (χ2v) is 10.1. The SMILES string of the molecule is Cc1cc(Nc2nccc(S(C)(=O)=O)n2)cc(-c2cnc(C3(O)CCC3)s2)c1. The van der Waals surface area contributed by atoms with E-state index < -0.39 is 15.4 Å². The van der Waals surface area contributed by atoms with Crippen LogP contribution in [-0.4, -0.2) is 34.7 Å². The summed E-state index contributed by atoms with van der Waals surface area (Å²) in [5.41, 5.74) is 1.97. The number of rotatable bonds is 5. The van der Waals surface area contributed by atoms with Crippen LogP contribution in [0.15, 0.2) is 41.7 Å². The first-order chi connectivity index (χ1) is 13.2. The number of hydrogen-bond acceptors (Lipinski definition) is 8. The van der Waals surface area contributed by atoms with Crippen molar-refractivity contribution >= 4 is 32.8 Å². The van der Waals surface area contributed by atoms with Crippen LogP contribution >= 0.6 is 11.3 Å². The minimum atomic E-state index is -3.41. The molecule has 0 aliphatic heterocycles. The molecular formula is C19H20N4O3S2. The van der Waals surface area contributed by atoms with Gasteiger partial charge in [-0.2, -0.15) is 0 Å². The van der Waals surface area contributed by atoms with Crippen molar-refractivity contribution in [2.24, 2.45) is 0 Å². The Morgan fingerprint density at radius 1 is 1.21 bits per heavy atom. The van der Waals surface area contributed by atoms with Gasteiger partial charge in [0, 0.05) is 24.3 Å². The lowest BCUT2D eigenvalue weighted by Crippen LogP contribution is -2.33. The molecule has 4 rings (SSSR count). The lowest BCUT2D eigenvalue weighted by atomic mass is 9.81. The highest BCUT2D eigenvalue weighted by Crippen LogP contribution is 2.44. The molecule has 0 saturated heterocycles. The lowest BCUT2D eigenvalue weighted by molar-refractivity contribution is -0.0389. The van der Waals surface area contributed by atoms with E-state index in [2.05, 4.69) is 20.3 Å². The number of hydrogen-bond donors (Lipinski definition) is 2. The maximum absolute atomic E-state index is 11.7. The number of benzene rings is 1. The van der Waals surface area contributed by atoms with Crippen molar-refractivity contribution in [1.29, 1.82) is 0 Å². The molecule has 1 aliphatic rings. The number of aromatic nitrogens is 3. The fraction of sp³-hybridized carbons (Fsp3) is 0.316. The average Bonchev–Trinajstić information content (AvgIpc) is 3.09. The first kappa shape index (κ1) is 19.0. The fourth-order valence-electron chi connectivity index (χ4n) is 3.08. The third-order valence-corrected chi connectivity index (χ3v) is 6.94. The molecular weight excluding hydrogens is 396 g/mol. The van der Waals surface area contributed by atoms with Gasteiger partial charge in [-0.05, 0) is 55.5 Å². The second-order valence-electron chi connectivity index (χ2n) is 7.12. The molecule has 7 nitrogen and oxygen atoms in total. The van der Waals surface area contributed by atoms with Gasteiger partial charge in [0.05, 0.1) is 4.88 Å². The van der Waals surface area contributed by atoms with Crippen molar-refractivity contribution in [3.63, 3.8) is 0 Å². The Morgan fingerprint density at radius 2 is 2.00 bits per heavy atom. The van der Waals surface area contributed by atoms with Crippen LogP contribution in [0.25, 0.3) is 10.4 Å². The van der Waals surface area contributed by atoms with Crippen molar-refractivity contribution in [1.82, 2.24) is 15.0 Å². The predicted molar refractivity (Wildman–Crippen MR) is 108 cm³/mol. The summed E-state index contributed by atoms with van der Waals surface area (Å²) in [7, 11) is -3.41. The van der Waals surface area contributed by atoms with E-state index in [0.29, 0.717) is 0 Å². The third-order valence-electron chi connectivity index (χ3n) is 4.71. The van der Waals surface area contributed by atoms with Crippen LogP contribution in [0.3, 0.4) is 0 Å². The average molecular weight is 417 g/mol. The predicted octanol–water partition coefficient (Wildman–Crippen LogP) is 3.43. The molecule has 28 heavy (non-hydrogen) atoms. The molecule has 2 heterocycles. The van der Waals surface area contributed by atoms with Gasteiger partial charge < -0.3 is 10.4 Å². The molecule has 0 spiro atoms. The van der Waals surface area contributed by atoms with Crippen LogP contribution in [0.5, 0.6) is 0 Å². The van der Waals surface area contributed by atoms with Gasteiger partial charge in [-0.1, -0.05) is 6.07 Å². The minimum absolute atomic E-state index is 0.0290. The van der Waals surface area contributed by atoms with Crippen LogP contribution in [0.1, 0.15) is 29.8 Å². The molecule has 1 fully saturated rings. The first-order valence-electron chi connectivity index (χ1n) is 8.84. The van der Waals surface area contributed by atoms with Gasteiger partial charge in [-0.3, -0.25) is 0 Å². The number of sulfone groups is 1. The van der Waals surface area contributed by atoms with Crippen LogP contribution in [0.4, 0.5) is 11.6 Å². The highest BCUT2D eigenvalue weighted by atomic mass is 32.2. The van der Waals surface area contributed by atoms with Crippen molar-refractivity contribution in [2.75, 3.05) is 11.6 Å². The molecule has 1 aromatic carbocycles. The van der Waals surface area contributed by atoms with Crippen LogP contribution < -0.4 is 5.32 Å². The van der Waals surface area contributed by atoms with E-state index in [4.69, 9.17) is 0 Å². The van der Waals surface area contributed by atoms with E-state index in [1.807, 2.05) is 25.1 Å². The molecule has 0 unspecified atom stereocenters. The largest absolute Gasteiger partial charge is 0.383 e. The van der Waals surface area contributed by atoms with E-state index in [1.165, 1.54) is 23.6 Å². The van der Waals surface area contributed by atoms with Gasteiger partial charge in [0.2, 0.25) is 5.95 Å². The Kier molecular flexibility index (Phi) is 4.68. The summed E-state index contributed by atoms with van der Waals surface area (Å²) >= 11 is 1.50. The van der Waals surface area contributed by atoms with E-state index in [9.17, 15) is 13.5 Å². The Balaban J connectivity index is 1.63. The molecule has 0 bridgehead atoms. The van der Waals surface area contributed by atoms with E-state index in [-0.39, 0.29) is 11.0 Å². The Labute approximate surface area is 167 Å². The van der Waals surface area contributed by atoms with Gasteiger partial charge in [0.15, 0.2) is 14.9 Å². The molecule has 0 atom stereocenters. The van der Waals surface area contributed by atoms with Crippen molar-refractivity contribution < 1.29 is 13.5 Å². The minimum Gasteiger partial charge on any atom is -0.383 e. The van der Waals surface area contributed by atoms with Gasteiger partial charge in [-0.25, -0.2) is 23.4 Å². The Hall–Kier alpha value is -2.36. The molecule has 0 radical (unpaired) electrons. The van der Waals surface area contributed by atoms with Crippen molar-refractivity contribution in [3.05, 3.63) is 47.2 Å². The van der Waals surface area contributed by atoms with Gasteiger partial charge in [-0.15, -0.1) is 11.3 Å². The normalized spacial score (nSPS) is 15.8. The summed E-state index contributed by atoms with van der Waals surface area (Å²) in [6, 6.07) is 7.28. The van der Waals surface area contributed by atoms with E-state index in [1.54, 1.807) is 6.20 Å². The zero-order chi connectivity index (χ0) is 19.9. The zero-order valence-electron chi connectivity index (χ0n) is 15.5. The Bertz CT molecular complexity index is 1140. The highest BCUT2D eigenvalue weighted by molar-refractivity contribution is 7.90. The third kappa shape index (κ3) is 3.78. The first-order valence-corrected chi connectivity index (χ1v) is 11.5. The quantitative estimate of drug-likeness (QED) is 0.614. The Morgan fingerprint density at radius 3 is 2.68 bits per heavy atom. The van der Waals surface area contributed by atoms with Crippen LogP contribution in [0.2, 0.25) is 0 Å². The highest BCUT2D eigenvalue weighted by Gasteiger charge is 2.39. The molecule has 0 amide bonds. The fourth-order valence-corrected chi connectivity index (χ4v) is 4.69. The number of aryl methyl sites for hydroxylation is 1. The molecule has 1 aliphatic carbocycles. The van der Waals surface area contributed by atoms with Crippen molar-refractivity contribution in [3.8, 4) is 10.4 Å². The maximum Gasteiger partial charge on any atom is 0.228 e. The summed E-state index contributed by atoms with van der Waals surface area (Å²) in [5, 5.41) is 14.3. The van der Waals surface area contributed by atoms with E-state index >= 15 is 0 Å². The number of nitrogens with zero attached hydrogens (tertiary/aromatic N) is 3. The van der Waals surface area contributed by atoms with Crippen LogP contribution in [-0.2, 0) is 15.4 Å². The lowest BCUT2D eigenvalue weighted by Gasteiger charge is -2.34. The van der Waals surface area contributed by atoms with Crippen LogP contribution in [0, 0.1) is 6.92 Å². The molecule has 146 valence electrons. The number of aliphatic hydroxyl groups is 1. The van der Waals surface area contributed by atoms with Crippen molar-refractivity contribution in [2.45, 2.75) is 36.8 Å². The zero-order valence-corrected chi connectivity index (χ0v) is 17.1. The molecule has 1 saturated carbocycles. The van der Waals surface area contributed by atoms with Gasteiger partial charge in [0.25, 0.3) is 0 Å². The maximum atomic E-state index is 11.7. The summed E-state index contributed by atoms with van der Waals surface area (Å²) in [6.45, 7) is 1.98. The number of thiazole rings is 1. The summed E-state index contributed by atoms with van der Waals surface area (Å²) in [6.07, 6.45) is 6.85.